The van der Waals surface area contributed by atoms with Crippen LogP contribution in [-0.2, 0) is 0 Å². The third kappa shape index (κ3) is 3.02. The lowest BCUT2D eigenvalue weighted by atomic mass is 10.1. The molecule has 0 aliphatic rings. The number of nitrogens with two attached hydrogens (primary N) is 1. The van der Waals surface area contributed by atoms with Crippen LogP contribution in [0.25, 0.3) is 0 Å². The number of hydrogen-bond donors (Lipinski definition) is 1. The van der Waals surface area contributed by atoms with Gasteiger partial charge in [0.15, 0.2) is 5.78 Å². The second-order valence-corrected chi connectivity index (χ2v) is 4.35. The number of rotatable bonds is 5. The number of amides is 1. The van der Waals surface area contributed by atoms with Crippen LogP contribution in [0.3, 0.4) is 0 Å². The number of benzene rings is 2. The second kappa shape index (κ2) is 6.09. The molecular weight excluding hydrogens is 270 g/mol. The van der Waals surface area contributed by atoms with Crippen molar-refractivity contribution in [1.29, 1.82) is 0 Å². The summed E-state index contributed by atoms with van der Waals surface area (Å²) in [6.07, 6.45) is 0. The lowest BCUT2D eigenvalue weighted by Gasteiger charge is -2.14. The molecule has 0 aliphatic heterocycles. The highest BCUT2D eigenvalue weighted by Crippen LogP contribution is 2.33. The molecule has 0 saturated carbocycles. The Morgan fingerprint density at radius 1 is 0.952 bits per heavy atom. The molecular formula is C16H15NO4. The van der Waals surface area contributed by atoms with Gasteiger partial charge in [0.05, 0.1) is 12.7 Å². The molecule has 0 saturated heterocycles. The maximum Gasteiger partial charge on any atom is 0.252 e. The Bertz CT molecular complexity index is 694. The topological polar surface area (TPSA) is 78.6 Å². The van der Waals surface area contributed by atoms with Gasteiger partial charge in [0.2, 0.25) is 0 Å². The molecule has 5 heteroatoms. The average Bonchev–Trinajstić information content (AvgIpc) is 2.47. The fourth-order valence-electron chi connectivity index (χ4n) is 1.99. The van der Waals surface area contributed by atoms with E-state index in [2.05, 4.69) is 0 Å². The summed E-state index contributed by atoms with van der Waals surface area (Å²) in [5, 5.41) is 0. The molecule has 2 aromatic carbocycles. The molecule has 1 amide bonds. The van der Waals surface area contributed by atoms with Crippen LogP contribution in [0, 0.1) is 0 Å². The van der Waals surface area contributed by atoms with Crippen LogP contribution >= 0.6 is 0 Å². The maximum atomic E-state index is 11.8. The van der Waals surface area contributed by atoms with Gasteiger partial charge in [0.25, 0.3) is 5.91 Å². The molecule has 0 unspecified atom stereocenters. The maximum absolute atomic E-state index is 11.8. The standard InChI is InChI=1S/C16H15NO4/c1-10(18)15-13(20-2)8-5-9-14(15)21-12-7-4-3-6-11(12)16(17)19/h3-9H,1-2H3,(H2,17,19). The summed E-state index contributed by atoms with van der Waals surface area (Å²) in [6, 6.07) is 11.6. The lowest BCUT2D eigenvalue weighted by Crippen LogP contribution is -2.12. The van der Waals surface area contributed by atoms with Crippen molar-refractivity contribution in [3.05, 3.63) is 53.6 Å². The largest absolute Gasteiger partial charge is 0.496 e. The van der Waals surface area contributed by atoms with E-state index in [-0.39, 0.29) is 11.3 Å². The zero-order chi connectivity index (χ0) is 15.4. The summed E-state index contributed by atoms with van der Waals surface area (Å²) < 4.78 is 10.9. The Balaban J connectivity index is 2.50. The predicted octanol–water partition coefficient (Wildman–Crippen LogP) is 2.79. The third-order valence-electron chi connectivity index (χ3n) is 2.93. The normalized spacial score (nSPS) is 10.0. The fraction of sp³-hybridized carbons (Fsp3) is 0.125. The van der Waals surface area contributed by atoms with E-state index in [0.29, 0.717) is 22.8 Å². The number of carbonyl (C=O) groups is 2. The van der Waals surface area contributed by atoms with Gasteiger partial charge < -0.3 is 15.2 Å². The summed E-state index contributed by atoms with van der Waals surface area (Å²) in [6.45, 7) is 1.42. The Kier molecular flexibility index (Phi) is 4.23. The Hall–Kier alpha value is -2.82. The minimum atomic E-state index is -0.599. The Morgan fingerprint density at radius 2 is 1.57 bits per heavy atom. The first-order valence-electron chi connectivity index (χ1n) is 6.29. The van der Waals surface area contributed by atoms with Crippen LogP contribution in [0.1, 0.15) is 27.6 Å². The molecule has 0 atom stereocenters. The van der Waals surface area contributed by atoms with Gasteiger partial charge in [0, 0.05) is 0 Å². The quantitative estimate of drug-likeness (QED) is 0.857. The van der Waals surface area contributed by atoms with Crippen LogP contribution in [0.15, 0.2) is 42.5 Å². The van der Waals surface area contributed by atoms with Crippen LogP contribution in [0.5, 0.6) is 17.2 Å². The van der Waals surface area contributed by atoms with Crippen molar-refractivity contribution in [1.82, 2.24) is 0 Å². The molecule has 0 aliphatic carbocycles. The smallest absolute Gasteiger partial charge is 0.252 e. The molecule has 0 bridgehead atoms. The average molecular weight is 285 g/mol. The van der Waals surface area contributed by atoms with Gasteiger partial charge in [-0.25, -0.2) is 0 Å². The van der Waals surface area contributed by atoms with Crippen molar-refractivity contribution in [2.75, 3.05) is 7.11 Å². The molecule has 0 aromatic heterocycles. The van der Waals surface area contributed by atoms with Crippen LogP contribution in [-0.4, -0.2) is 18.8 Å². The number of ether oxygens (including phenoxy) is 2. The fourth-order valence-corrected chi connectivity index (χ4v) is 1.99. The van der Waals surface area contributed by atoms with Crippen LogP contribution in [0.4, 0.5) is 0 Å². The summed E-state index contributed by atoms with van der Waals surface area (Å²) in [4.78, 5) is 23.2. The van der Waals surface area contributed by atoms with Crippen molar-refractivity contribution < 1.29 is 19.1 Å². The SMILES string of the molecule is COc1cccc(Oc2ccccc2C(N)=O)c1C(C)=O. The molecule has 5 nitrogen and oxygen atoms in total. The Morgan fingerprint density at radius 3 is 2.19 bits per heavy atom. The predicted molar refractivity (Wildman–Crippen MR) is 78.0 cm³/mol. The van der Waals surface area contributed by atoms with Crippen LogP contribution in [0.2, 0.25) is 0 Å². The number of primary amides is 1. The highest BCUT2D eigenvalue weighted by atomic mass is 16.5. The van der Waals surface area contributed by atoms with E-state index < -0.39 is 5.91 Å². The van der Waals surface area contributed by atoms with Crippen LogP contribution < -0.4 is 15.2 Å². The highest BCUT2D eigenvalue weighted by molar-refractivity contribution is 6.00. The number of Topliss-reactive ketones (excluding diaryl/α,β-unsaturated/α-hetero) is 1. The molecule has 0 heterocycles. The van der Waals surface area contributed by atoms with E-state index in [1.807, 2.05) is 0 Å². The van der Waals surface area contributed by atoms with Gasteiger partial charge in [-0.2, -0.15) is 0 Å². The monoisotopic (exact) mass is 285 g/mol. The molecule has 21 heavy (non-hydrogen) atoms. The first-order chi connectivity index (χ1) is 10.0. The van der Waals surface area contributed by atoms with Crippen molar-refractivity contribution in [2.45, 2.75) is 6.92 Å². The number of hydrogen-bond acceptors (Lipinski definition) is 4. The van der Waals surface area contributed by atoms with E-state index in [1.165, 1.54) is 14.0 Å². The van der Waals surface area contributed by atoms with Crippen molar-refractivity contribution >= 4 is 11.7 Å². The number of carbonyl (C=O) groups excluding carboxylic acids is 2. The lowest BCUT2D eigenvalue weighted by molar-refractivity contribution is 0.0996. The van der Waals surface area contributed by atoms with E-state index in [4.69, 9.17) is 15.2 Å². The summed E-state index contributed by atoms with van der Waals surface area (Å²) in [5.74, 6) is 0.227. The first kappa shape index (κ1) is 14.6. The second-order valence-electron chi connectivity index (χ2n) is 4.35. The summed E-state index contributed by atoms with van der Waals surface area (Å²) in [7, 11) is 1.48. The van der Waals surface area contributed by atoms with Gasteiger partial charge in [-0.3, -0.25) is 9.59 Å². The van der Waals surface area contributed by atoms with E-state index in [0.717, 1.165) is 0 Å². The van der Waals surface area contributed by atoms with Crippen molar-refractivity contribution in [3.63, 3.8) is 0 Å². The molecule has 2 aromatic rings. The minimum absolute atomic E-state index is 0.195. The summed E-state index contributed by atoms with van der Waals surface area (Å²) in [5.41, 5.74) is 5.88. The molecule has 0 fully saturated rings. The van der Waals surface area contributed by atoms with Crippen molar-refractivity contribution in [2.24, 2.45) is 5.73 Å². The zero-order valence-electron chi connectivity index (χ0n) is 11.8. The molecule has 108 valence electrons. The highest BCUT2D eigenvalue weighted by Gasteiger charge is 2.17. The van der Waals surface area contributed by atoms with Gasteiger partial charge in [-0.1, -0.05) is 18.2 Å². The number of para-hydroxylation sites is 1. The van der Waals surface area contributed by atoms with Gasteiger partial charge in [-0.15, -0.1) is 0 Å². The van der Waals surface area contributed by atoms with Crippen molar-refractivity contribution in [3.8, 4) is 17.2 Å². The van der Waals surface area contributed by atoms with Gasteiger partial charge in [0.1, 0.15) is 22.8 Å². The van der Waals surface area contributed by atoms with E-state index >= 15 is 0 Å². The molecule has 0 radical (unpaired) electrons. The molecule has 2 N–H and O–H groups in total. The minimum Gasteiger partial charge on any atom is -0.496 e. The molecule has 2 rings (SSSR count). The number of ketones is 1. The molecule has 0 spiro atoms. The van der Waals surface area contributed by atoms with E-state index in [9.17, 15) is 9.59 Å². The number of methoxy groups -OCH3 is 1. The van der Waals surface area contributed by atoms with Gasteiger partial charge >= 0.3 is 0 Å². The van der Waals surface area contributed by atoms with E-state index in [1.54, 1.807) is 42.5 Å². The first-order valence-corrected chi connectivity index (χ1v) is 6.29. The Labute approximate surface area is 122 Å². The summed E-state index contributed by atoms with van der Waals surface area (Å²) >= 11 is 0. The third-order valence-corrected chi connectivity index (χ3v) is 2.93. The zero-order valence-corrected chi connectivity index (χ0v) is 11.8. The van der Waals surface area contributed by atoms with Gasteiger partial charge in [-0.05, 0) is 31.2 Å².